The molecule has 1 aromatic heterocycles. The summed E-state index contributed by atoms with van der Waals surface area (Å²) in [7, 11) is 0. The van der Waals surface area contributed by atoms with Crippen molar-refractivity contribution in [3.05, 3.63) is 59.9 Å². The monoisotopic (exact) mass is 404 g/mol. The number of carbonyl (C=O) groups excluding carboxylic acids is 2. The number of hydrogen-bond acceptors (Lipinski definition) is 5. The number of benzene rings is 2. The average Bonchev–Trinajstić information content (AvgIpc) is 3.32. The largest absolute Gasteiger partial charge is 0.367 e. The van der Waals surface area contributed by atoms with E-state index in [2.05, 4.69) is 46.4 Å². The van der Waals surface area contributed by atoms with Crippen LogP contribution in [0.5, 0.6) is 0 Å². The molecule has 0 saturated carbocycles. The van der Waals surface area contributed by atoms with Crippen molar-refractivity contribution in [1.82, 2.24) is 15.3 Å². The number of nitrogens with one attached hydrogen (secondary N) is 3. The van der Waals surface area contributed by atoms with Crippen molar-refractivity contribution in [3.63, 3.8) is 0 Å². The normalized spacial score (nSPS) is 19.0. The maximum Gasteiger partial charge on any atom is 0.272 e. The van der Waals surface area contributed by atoms with Gasteiger partial charge < -0.3 is 16.0 Å². The first-order valence-electron chi connectivity index (χ1n) is 9.69. The third kappa shape index (κ3) is 3.15. The standard InChI is InChI=1S/C22H24N6O2/c1-21(2,3)13-8-4-5-9-14(13)26-18(29)17-22(19(23)30,25-12-24-17)20-27-15-10-6-7-11-16(15)28-20/h4-11,25H,12H2,1-3H3,(H2,23,30)(H,26,29)(H,27,28). The summed E-state index contributed by atoms with van der Waals surface area (Å²) in [6.07, 6.45) is 0. The van der Waals surface area contributed by atoms with Crippen LogP contribution in [-0.2, 0) is 20.5 Å². The fraction of sp³-hybridized carbons (Fsp3) is 0.273. The van der Waals surface area contributed by atoms with Crippen molar-refractivity contribution in [2.75, 3.05) is 12.0 Å². The number of rotatable bonds is 4. The summed E-state index contributed by atoms with van der Waals surface area (Å²) >= 11 is 0. The van der Waals surface area contributed by atoms with E-state index in [0.717, 1.165) is 11.1 Å². The molecule has 0 bridgehead atoms. The molecule has 8 nitrogen and oxygen atoms in total. The molecule has 1 aliphatic rings. The molecule has 5 N–H and O–H groups in total. The van der Waals surface area contributed by atoms with Crippen molar-refractivity contribution in [2.24, 2.45) is 10.7 Å². The van der Waals surface area contributed by atoms with Gasteiger partial charge >= 0.3 is 0 Å². The SMILES string of the molecule is CC(C)(C)c1ccccc1NC(=O)C1=NCNC1(C(N)=O)c1nc2ccccc2[nH]1. The second kappa shape index (κ2) is 7.07. The number of carbonyl (C=O) groups is 2. The van der Waals surface area contributed by atoms with Gasteiger partial charge in [-0.1, -0.05) is 51.1 Å². The van der Waals surface area contributed by atoms with Gasteiger partial charge in [-0.05, 0) is 29.2 Å². The maximum atomic E-state index is 13.3. The quantitative estimate of drug-likeness (QED) is 0.532. The van der Waals surface area contributed by atoms with E-state index in [9.17, 15) is 9.59 Å². The number of nitrogens with two attached hydrogens (primary N) is 1. The highest BCUT2D eigenvalue weighted by molar-refractivity contribution is 6.50. The third-order valence-corrected chi connectivity index (χ3v) is 5.25. The van der Waals surface area contributed by atoms with Crippen molar-refractivity contribution in [1.29, 1.82) is 0 Å². The van der Waals surface area contributed by atoms with Crippen molar-refractivity contribution < 1.29 is 9.59 Å². The Morgan fingerprint density at radius 1 is 1.10 bits per heavy atom. The maximum absolute atomic E-state index is 13.3. The number of aliphatic imine (C=N–C) groups is 1. The summed E-state index contributed by atoms with van der Waals surface area (Å²) in [6.45, 7) is 6.27. The number of aromatic nitrogens is 2. The molecule has 0 spiro atoms. The van der Waals surface area contributed by atoms with Crippen LogP contribution >= 0.6 is 0 Å². The molecule has 1 atom stereocenters. The zero-order valence-electron chi connectivity index (χ0n) is 17.1. The molecule has 1 unspecified atom stereocenters. The Labute approximate surface area is 174 Å². The zero-order chi connectivity index (χ0) is 21.5. The van der Waals surface area contributed by atoms with E-state index < -0.39 is 17.4 Å². The summed E-state index contributed by atoms with van der Waals surface area (Å²) in [5.74, 6) is -1.01. The third-order valence-electron chi connectivity index (χ3n) is 5.25. The van der Waals surface area contributed by atoms with E-state index in [0.29, 0.717) is 11.2 Å². The van der Waals surface area contributed by atoms with Gasteiger partial charge in [0.25, 0.3) is 11.8 Å². The number of fused-ring (bicyclic) bond motifs is 1. The van der Waals surface area contributed by atoms with Gasteiger partial charge in [-0.2, -0.15) is 0 Å². The summed E-state index contributed by atoms with van der Waals surface area (Å²) in [5.41, 5.74) is 6.98. The Kier molecular flexibility index (Phi) is 4.66. The second-order valence-corrected chi connectivity index (χ2v) is 8.31. The molecule has 30 heavy (non-hydrogen) atoms. The number of primary amides is 1. The predicted molar refractivity (Wildman–Crippen MR) is 116 cm³/mol. The molecule has 0 aliphatic carbocycles. The number of hydrogen-bond donors (Lipinski definition) is 4. The molecule has 0 fully saturated rings. The summed E-state index contributed by atoms with van der Waals surface area (Å²) < 4.78 is 0. The van der Waals surface area contributed by atoms with Crippen LogP contribution in [0, 0.1) is 0 Å². The lowest BCUT2D eigenvalue weighted by molar-refractivity contribution is -0.123. The van der Waals surface area contributed by atoms with Gasteiger partial charge in [0.1, 0.15) is 11.5 Å². The molecule has 1 aliphatic heterocycles. The van der Waals surface area contributed by atoms with Crippen LogP contribution in [0.15, 0.2) is 53.5 Å². The molecule has 2 aromatic carbocycles. The van der Waals surface area contributed by atoms with Crippen LogP contribution < -0.4 is 16.4 Å². The van der Waals surface area contributed by atoms with E-state index in [-0.39, 0.29) is 23.6 Å². The summed E-state index contributed by atoms with van der Waals surface area (Å²) in [4.78, 5) is 37.8. The Hall–Kier alpha value is -3.52. The molecule has 0 radical (unpaired) electrons. The fourth-order valence-electron chi connectivity index (χ4n) is 3.76. The van der Waals surface area contributed by atoms with Gasteiger partial charge in [0.15, 0.2) is 0 Å². The highest BCUT2D eigenvalue weighted by Crippen LogP contribution is 2.31. The van der Waals surface area contributed by atoms with Gasteiger partial charge in [-0.3, -0.25) is 19.9 Å². The first-order valence-corrected chi connectivity index (χ1v) is 9.69. The lowest BCUT2D eigenvalue weighted by Crippen LogP contribution is -2.58. The highest BCUT2D eigenvalue weighted by Gasteiger charge is 2.52. The molecular weight excluding hydrogens is 380 g/mol. The van der Waals surface area contributed by atoms with E-state index in [4.69, 9.17) is 5.73 Å². The zero-order valence-corrected chi connectivity index (χ0v) is 17.1. The lowest BCUT2D eigenvalue weighted by Gasteiger charge is -2.26. The molecule has 8 heteroatoms. The van der Waals surface area contributed by atoms with Gasteiger partial charge in [0.05, 0.1) is 17.7 Å². The molecular formula is C22H24N6O2. The summed E-state index contributed by atoms with van der Waals surface area (Å²) in [5, 5.41) is 5.89. The highest BCUT2D eigenvalue weighted by atomic mass is 16.2. The Morgan fingerprint density at radius 3 is 2.50 bits per heavy atom. The van der Waals surface area contributed by atoms with Crippen LogP contribution in [-0.4, -0.2) is 34.2 Å². The number of H-pyrrole nitrogens is 1. The van der Waals surface area contributed by atoms with Crippen molar-refractivity contribution in [2.45, 2.75) is 31.7 Å². The topological polar surface area (TPSA) is 125 Å². The Bertz CT molecular complexity index is 1140. The van der Waals surface area contributed by atoms with Crippen molar-refractivity contribution >= 4 is 34.2 Å². The lowest BCUT2D eigenvalue weighted by atomic mass is 9.85. The summed E-state index contributed by atoms with van der Waals surface area (Å²) in [6, 6.07) is 14.9. The van der Waals surface area contributed by atoms with Crippen LogP contribution in [0.25, 0.3) is 11.0 Å². The number of amides is 2. The number of anilines is 1. The molecule has 2 heterocycles. The van der Waals surface area contributed by atoms with E-state index >= 15 is 0 Å². The van der Waals surface area contributed by atoms with Gasteiger partial charge in [-0.15, -0.1) is 0 Å². The van der Waals surface area contributed by atoms with Crippen LogP contribution in [0.4, 0.5) is 5.69 Å². The minimum atomic E-state index is -1.64. The van der Waals surface area contributed by atoms with E-state index in [1.54, 1.807) is 0 Å². The Morgan fingerprint density at radius 2 is 1.80 bits per heavy atom. The first-order chi connectivity index (χ1) is 14.2. The minimum Gasteiger partial charge on any atom is -0.367 e. The average molecular weight is 404 g/mol. The van der Waals surface area contributed by atoms with Crippen LogP contribution in [0.3, 0.4) is 0 Å². The van der Waals surface area contributed by atoms with Gasteiger partial charge in [0, 0.05) is 5.69 Å². The second-order valence-electron chi connectivity index (χ2n) is 8.31. The Balaban J connectivity index is 1.75. The predicted octanol–water partition coefficient (Wildman–Crippen LogP) is 2.18. The van der Waals surface area contributed by atoms with E-state index in [1.807, 2.05) is 48.5 Å². The number of nitrogens with zero attached hydrogens (tertiary/aromatic N) is 2. The molecule has 0 saturated heterocycles. The number of imidazole rings is 1. The van der Waals surface area contributed by atoms with Crippen LogP contribution in [0.2, 0.25) is 0 Å². The molecule has 4 rings (SSSR count). The fourth-order valence-corrected chi connectivity index (χ4v) is 3.76. The van der Waals surface area contributed by atoms with Crippen molar-refractivity contribution in [3.8, 4) is 0 Å². The smallest absolute Gasteiger partial charge is 0.272 e. The van der Waals surface area contributed by atoms with E-state index in [1.165, 1.54) is 0 Å². The van der Waals surface area contributed by atoms with Crippen LogP contribution in [0.1, 0.15) is 32.2 Å². The number of aromatic amines is 1. The molecule has 2 amide bonds. The van der Waals surface area contributed by atoms with Gasteiger partial charge in [-0.25, -0.2) is 4.98 Å². The van der Waals surface area contributed by atoms with Gasteiger partial charge in [0.2, 0.25) is 5.54 Å². The molecule has 154 valence electrons. The first kappa shape index (κ1) is 19.8. The molecule has 3 aromatic rings. The number of para-hydroxylation sites is 3. The minimum absolute atomic E-state index is 0.0160.